The molecule has 0 bridgehead atoms. The van der Waals surface area contributed by atoms with Crippen LogP contribution in [0, 0.1) is 3.95 Å². The molecule has 134 valence electrons. The van der Waals surface area contributed by atoms with E-state index in [0.29, 0.717) is 26.0 Å². The third-order valence-electron chi connectivity index (χ3n) is 3.72. The number of carbonyl (C=O) groups excluding carboxylic acids is 1. The smallest absolute Gasteiger partial charge is 0.269 e. The first-order valence-corrected chi connectivity index (χ1v) is 8.87. The molecule has 0 aliphatic carbocycles. The van der Waals surface area contributed by atoms with Gasteiger partial charge in [-0.15, -0.1) is 0 Å². The monoisotopic (exact) mass is 387 g/mol. The maximum Gasteiger partial charge on any atom is 0.269 e. The van der Waals surface area contributed by atoms with Crippen LogP contribution in [0.25, 0.3) is 5.69 Å². The number of hydrogen-bond acceptors (Lipinski definition) is 6. The molecule has 3 rings (SSSR count). The number of carbonyl (C=O) groups is 1. The summed E-state index contributed by atoms with van der Waals surface area (Å²) in [5.41, 5.74) is 7.52. The number of nitrogens with zero attached hydrogens (tertiary/aromatic N) is 1. The quantitative estimate of drug-likeness (QED) is 0.644. The second-order valence-electron chi connectivity index (χ2n) is 5.27. The van der Waals surface area contributed by atoms with E-state index in [0.717, 1.165) is 17.0 Å². The van der Waals surface area contributed by atoms with Gasteiger partial charge in [-0.05, 0) is 36.5 Å². The highest BCUT2D eigenvalue weighted by Gasteiger charge is 2.19. The van der Waals surface area contributed by atoms with E-state index in [1.54, 1.807) is 37.0 Å². The Labute approximate surface area is 159 Å². The summed E-state index contributed by atoms with van der Waals surface area (Å²) in [4.78, 5) is 13.0. The van der Waals surface area contributed by atoms with Crippen molar-refractivity contribution in [3.05, 3.63) is 57.4 Å². The molecule has 0 spiro atoms. The maximum atomic E-state index is 12.7. The van der Waals surface area contributed by atoms with E-state index in [2.05, 4.69) is 5.32 Å². The van der Waals surface area contributed by atoms with Crippen molar-refractivity contribution in [3.8, 4) is 17.2 Å². The second kappa shape index (κ2) is 7.59. The van der Waals surface area contributed by atoms with Crippen molar-refractivity contribution in [2.24, 2.45) is 0 Å². The molecule has 1 amide bonds. The molecule has 26 heavy (non-hydrogen) atoms. The highest BCUT2D eigenvalue weighted by molar-refractivity contribution is 7.73. The molecule has 0 fully saturated rings. The number of rotatable bonds is 5. The van der Waals surface area contributed by atoms with Crippen LogP contribution in [0.15, 0.2) is 48.5 Å². The standard InChI is InChI=1S/C18H17N3O3S2/c1-23-12-7-5-6-11(10-12)21-16(19)15(26-18(21)25)17(22)20-13-8-3-4-9-14(13)24-2/h3-10H,19H2,1-2H3,(H,20,22). The highest BCUT2D eigenvalue weighted by Crippen LogP contribution is 2.30. The summed E-state index contributed by atoms with van der Waals surface area (Å²) in [6.45, 7) is 0. The number of amides is 1. The van der Waals surface area contributed by atoms with Crippen LogP contribution in [-0.4, -0.2) is 24.7 Å². The average molecular weight is 387 g/mol. The molecule has 2 aromatic carbocycles. The first kappa shape index (κ1) is 18.0. The number of benzene rings is 2. The molecule has 3 aromatic rings. The van der Waals surface area contributed by atoms with E-state index >= 15 is 0 Å². The van der Waals surface area contributed by atoms with Gasteiger partial charge >= 0.3 is 0 Å². The molecule has 0 unspecified atom stereocenters. The lowest BCUT2D eigenvalue weighted by atomic mass is 10.2. The van der Waals surface area contributed by atoms with Crippen LogP contribution in [0.4, 0.5) is 11.5 Å². The van der Waals surface area contributed by atoms with E-state index in [1.165, 1.54) is 0 Å². The molecule has 0 saturated carbocycles. The predicted octanol–water partition coefficient (Wildman–Crippen LogP) is 4.12. The van der Waals surface area contributed by atoms with Crippen LogP contribution >= 0.6 is 23.6 Å². The fourth-order valence-corrected chi connectivity index (χ4v) is 3.73. The topological polar surface area (TPSA) is 78.5 Å². The van der Waals surface area contributed by atoms with E-state index in [9.17, 15) is 4.79 Å². The molecule has 1 aromatic heterocycles. The normalized spacial score (nSPS) is 10.4. The number of nitrogens with two attached hydrogens (primary N) is 1. The molecule has 0 atom stereocenters. The molecule has 3 N–H and O–H groups in total. The van der Waals surface area contributed by atoms with Gasteiger partial charge in [-0.25, -0.2) is 0 Å². The zero-order chi connectivity index (χ0) is 18.7. The van der Waals surface area contributed by atoms with E-state index in [1.807, 2.05) is 30.3 Å². The lowest BCUT2D eigenvalue weighted by Crippen LogP contribution is -2.14. The van der Waals surface area contributed by atoms with Crippen molar-refractivity contribution in [1.82, 2.24) is 4.57 Å². The van der Waals surface area contributed by atoms with E-state index in [4.69, 9.17) is 27.4 Å². The number of hydrogen-bond donors (Lipinski definition) is 2. The fraction of sp³-hybridized carbons (Fsp3) is 0.111. The number of nitrogen functional groups attached to an aromatic ring is 1. The average Bonchev–Trinajstić information content (AvgIpc) is 2.96. The van der Waals surface area contributed by atoms with Crippen LogP contribution in [0.2, 0.25) is 0 Å². The van der Waals surface area contributed by atoms with Gasteiger partial charge < -0.3 is 20.5 Å². The molecule has 0 saturated heterocycles. The largest absolute Gasteiger partial charge is 0.497 e. The highest BCUT2D eigenvalue weighted by atomic mass is 32.1. The lowest BCUT2D eigenvalue weighted by molar-refractivity contribution is 0.103. The molecule has 0 aliphatic heterocycles. The van der Waals surface area contributed by atoms with Gasteiger partial charge in [-0.3, -0.25) is 9.36 Å². The Bertz CT molecular complexity index is 1010. The van der Waals surface area contributed by atoms with Crippen molar-refractivity contribution in [3.63, 3.8) is 0 Å². The van der Waals surface area contributed by atoms with Crippen molar-refractivity contribution in [2.45, 2.75) is 0 Å². The third kappa shape index (κ3) is 3.42. The van der Waals surface area contributed by atoms with Gasteiger partial charge in [0.2, 0.25) is 0 Å². The van der Waals surface area contributed by atoms with Gasteiger partial charge in [0.05, 0.1) is 25.6 Å². The fourth-order valence-electron chi connectivity index (χ4n) is 2.47. The maximum absolute atomic E-state index is 12.7. The molecule has 0 aliphatic rings. The van der Waals surface area contributed by atoms with E-state index < -0.39 is 0 Å². The second-order valence-corrected chi connectivity index (χ2v) is 6.92. The summed E-state index contributed by atoms with van der Waals surface area (Å²) in [6, 6.07) is 14.5. The first-order valence-electron chi connectivity index (χ1n) is 7.65. The minimum atomic E-state index is -0.343. The number of ether oxygens (including phenoxy) is 2. The van der Waals surface area contributed by atoms with Gasteiger partial charge in [0.15, 0.2) is 3.95 Å². The molecule has 0 radical (unpaired) electrons. The van der Waals surface area contributed by atoms with E-state index in [-0.39, 0.29) is 11.7 Å². The molecule has 6 nitrogen and oxygen atoms in total. The Balaban J connectivity index is 1.97. The number of aromatic nitrogens is 1. The van der Waals surface area contributed by atoms with Crippen LogP contribution in [0.1, 0.15) is 9.67 Å². The van der Waals surface area contributed by atoms with Crippen LogP contribution in [0.3, 0.4) is 0 Å². The van der Waals surface area contributed by atoms with Crippen molar-refractivity contribution in [2.75, 3.05) is 25.3 Å². The molecular weight excluding hydrogens is 370 g/mol. The van der Waals surface area contributed by atoms with Crippen molar-refractivity contribution >= 4 is 41.0 Å². The van der Waals surface area contributed by atoms with Crippen molar-refractivity contribution in [1.29, 1.82) is 0 Å². The number of thiazole rings is 1. The third-order valence-corrected chi connectivity index (χ3v) is 5.11. The first-order chi connectivity index (χ1) is 12.5. The van der Waals surface area contributed by atoms with Gasteiger partial charge in [-0.1, -0.05) is 29.5 Å². The van der Waals surface area contributed by atoms with Crippen molar-refractivity contribution < 1.29 is 14.3 Å². The van der Waals surface area contributed by atoms with Crippen LogP contribution in [0.5, 0.6) is 11.5 Å². The lowest BCUT2D eigenvalue weighted by Gasteiger charge is -2.10. The minimum Gasteiger partial charge on any atom is -0.497 e. The Hall–Kier alpha value is -2.84. The minimum absolute atomic E-state index is 0.278. The van der Waals surface area contributed by atoms with Crippen LogP contribution < -0.4 is 20.5 Å². The number of methoxy groups -OCH3 is 2. The van der Waals surface area contributed by atoms with Gasteiger partial charge in [0.25, 0.3) is 5.91 Å². The van der Waals surface area contributed by atoms with Crippen LogP contribution in [-0.2, 0) is 0 Å². The van der Waals surface area contributed by atoms with Gasteiger partial charge in [-0.2, -0.15) is 0 Å². The summed E-state index contributed by atoms with van der Waals surface area (Å²) in [6.07, 6.45) is 0. The summed E-state index contributed by atoms with van der Waals surface area (Å²) >= 11 is 6.56. The number of anilines is 2. The molecular formula is C18H17N3O3S2. The van der Waals surface area contributed by atoms with Gasteiger partial charge in [0.1, 0.15) is 22.2 Å². The summed E-state index contributed by atoms with van der Waals surface area (Å²) in [5, 5.41) is 2.82. The summed E-state index contributed by atoms with van der Waals surface area (Å²) in [5.74, 6) is 1.18. The number of nitrogens with one attached hydrogen (secondary N) is 1. The summed E-state index contributed by atoms with van der Waals surface area (Å²) < 4.78 is 12.6. The zero-order valence-corrected chi connectivity index (χ0v) is 15.8. The zero-order valence-electron chi connectivity index (χ0n) is 14.2. The Morgan fingerprint density at radius 2 is 1.92 bits per heavy atom. The predicted molar refractivity (Wildman–Crippen MR) is 106 cm³/mol. The Morgan fingerprint density at radius 3 is 2.65 bits per heavy atom. The Kier molecular flexibility index (Phi) is 5.24. The van der Waals surface area contributed by atoms with Gasteiger partial charge in [0, 0.05) is 6.07 Å². The molecule has 8 heteroatoms. The Morgan fingerprint density at radius 1 is 1.15 bits per heavy atom. The summed E-state index contributed by atoms with van der Waals surface area (Å²) in [7, 11) is 3.13. The molecule has 1 heterocycles. The number of para-hydroxylation sites is 2. The SMILES string of the molecule is COc1cccc(-n2c(N)c(C(=O)Nc3ccccc3OC)sc2=S)c1.